The Balaban J connectivity index is 1.59. The zero-order valence-electron chi connectivity index (χ0n) is 16.6. The van der Waals surface area contributed by atoms with Crippen molar-refractivity contribution in [1.29, 1.82) is 0 Å². The second-order valence-corrected chi connectivity index (χ2v) is 7.54. The van der Waals surface area contributed by atoms with Crippen LogP contribution in [0.1, 0.15) is 36.0 Å². The Morgan fingerprint density at radius 2 is 1.81 bits per heavy atom. The van der Waals surface area contributed by atoms with Gasteiger partial charge in [0, 0.05) is 29.7 Å². The van der Waals surface area contributed by atoms with Gasteiger partial charge >= 0.3 is 12.8 Å². The molecule has 32 heavy (non-hydrogen) atoms. The smallest absolute Gasteiger partial charge is 0.406 e. The normalized spacial score (nSPS) is 20.4. The molecular weight excluding hydrogens is 444 g/mol. The summed E-state index contributed by atoms with van der Waals surface area (Å²) < 4.78 is 81.0. The first kappa shape index (κ1) is 24.1. The summed E-state index contributed by atoms with van der Waals surface area (Å²) in [5.41, 5.74) is 0.283. The average Bonchev–Trinajstić information content (AvgIpc) is 2.72. The number of nitrogens with one attached hydrogen (secondary N) is 2. The van der Waals surface area contributed by atoms with Crippen molar-refractivity contribution in [2.45, 2.75) is 56.6 Å². The lowest BCUT2D eigenvalue weighted by Crippen LogP contribution is -2.51. The Morgan fingerprint density at radius 1 is 1.16 bits per heavy atom. The lowest BCUT2D eigenvalue weighted by molar-refractivity contribution is -0.166. The quantitative estimate of drug-likeness (QED) is 0.545. The van der Waals surface area contributed by atoms with Crippen LogP contribution < -0.4 is 15.4 Å². The highest BCUT2D eigenvalue weighted by molar-refractivity contribution is 5.97. The van der Waals surface area contributed by atoms with Crippen molar-refractivity contribution >= 4 is 16.8 Å². The Labute approximate surface area is 179 Å². The maximum atomic E-state index is 13.9. The van der Waals surface area contributed by atoms with E-state index in [4.69, 9.17) is 5.11 Å². The van der Waals surface area contributed by atoms with Gasteiger partial charge in [0.1, 0.15) is 6.04 Å². The number of aliphatic hydroxyl groups excluding tert-OH is 1. The Morgan fingerprint density at radius 3 is 2.41 bits per heavy atom. The van der Waals surface area contributed by atoms with E-state index in [1.165, 1.54) is 12.3 Å². The minimum Gasteiger partial charge on any atom is -0.432 e. The molecule has 176 valence electrons. The van der Waals surface area contributed by atoms with Crippen LogP contribution in [0, 0.1) is 5.82 Å². The number of hydrogen-bond acceptors (Lipinski definition) is 5. The number of carbonyl (C=O) groups excluding carboxylic acids is 1. The fraction of sp³-hybridized carbons (Fsp3) is 0.500. The van der Waals surface area contributed by atoms with Gasteiger partial charge in [0.2, 0.25) is 0 Å². The van der Waals surface area contributed by atoms with Crippen molar-refractivity contribution in [3.8, 4) is 5.75 Å². The third-order valence-corrected chi connectivity index (χ3v) is 5.29. The van der Waals surface area contributed by atoms with Crippen LogP contribution in [0.5, 0.6) is 5.75 Å². The van der Waals surface area contributed by atoms with Crippen LogP contribution in [-0.4, -0.2) is 53.5 Å². The van der Waals surface area contributed by atoms with Crippen LogP contribution in [0.25, 0.3) is 10.9 Å². The van der Waals surface area contributed by atoms with E-state index in [1.54, 1.807) is 0 Å². The third-order valence-electron chi connectivity index (χ3n) is 5.29. The van der Waals surface area contributed by atoms with Gasteiger partial charge in [0.25, 0.3) is 5.91 Å². The molecule has 0 saturated heterocycles. The van der Waals surface area contributed by atoms with E-state index < -0.39 is 49.0 Å². The number of fused-ring (bicyclic) bond motifs is 1. The van der Waals surface area contributed by atoms with Gasteiger partial charge in [-0.25, -0.2) is 4.39 Å². The van der Waals surface area contributed by atoms with Gasteiger partial charge in [-0.05, 0) is 37.8 Å². The zero-order chi connectivity index (χ0) is 23.5. The molecule has 1 unspecified atom stereocenters. The van der Waals surface area contributed by atoms with E-state index in [0.29, 0.717) is 25.7 Å². The number of ether oxygens (including phenoxy) is 1. The summed E-state index contributed by atoms with van der Waals surface area (Å²) in [6.45, 7) is -4.24. The molecule has 3 N–H and O–H groups in total. The lowest BCUT2D eigenvalue weighted by Gasteiger charge is -2.32. The number of aliphatic hydroxyl groups is 1. The number of hydrogen-bond donors (Lipinski definition) is 3. The molecule has 1 amide bonds. The molecule has 6 nitrogen and oxygen atoms in total. The second kappa shape index (κ2) is 9.90. The summed E-state index contributed by atoms with van der Waals surface area (Å²) in [6, 6.07) is 0.605. The zero-order valence-corrected chi connectivity index (χ0v) is 16.6. The van der Waals surface area contributed by atoms with Gasteiger partial charge in [-0.1, -0.05) is 0 Å². The minimum atomic E-state index is -4.55. The Kier molecular flexibility index (Phi) is 7.44. The predicted octanol–water partition coefficient (Wildman–Crippen LogP) is 3.53. The molecule has 1 heterocycles. The van der Waals surface area contributed by atoms with E-state index in [1.807, 2.05) is 0 Å². The predicted molar refractivity (Wildman–Crippen MR) is 102 cm³/mol. The van der Waals surface area contributed by atoms with Crippen LogP contribution in [0.2, 0.25) is 0 Å². The fourth-order valence-corrected chi connectivity index (χ4v) is 3.65. The monoisotopic (exact) mass is 465 g/mol. The molecule has 3 rings (SSSR count). The van der Waals surface area contributed by atoms with Gasteiger partial charge in [-0.2, -0.15) is 22.0 Å². The summed E-state index contributed by atoms with van der Waals surface area (Å²) in [5, 5.41) is 14.3. The molecule has 2 aromatic rings. The topological polar surface area (TPSA) is 83.5 Å². The molecule has 1 aliphatic carbocycles. The molecule has 1 aromatic heterocycles. The van der Waals surface area contributed by atoms with Crippen LogP contribution in [-0.2, 0) is 0 Å². The standard InChI is InChI=1S/C20H21F6N3O3/c21-14-6-10-5-11(8-27-15(10)7-16(14)32-19(22)23)18(31)29-13-3-1-12(2-4-13)28-17(9-30)20(24,25)26/h5-8,12-13,17,19,28,30H,1-4,9H2,(H,29,31). The first-order chi connectivity index (χ1) is 15.1. The van der Waals surface area contributed by atoms with Gasteiger partial charge in [0.05, 0.1) is 17.7 Å². The lowest BCUT2D eigenvalue weighted by atomic mass is 9.90. The molecule has 1 fully saturated rings. The number of amides is 1. The largest absolute Gasteiger partial charge is 0.432 e. The van der Waals surface area contributed by atoms with Crippen LogP contribution in [0.4, 0.5) is 26.3 Å². The molecule has 0 aliphatic heterocycles. The van der Waals surface area contributed by atoms with Gasteiger partial charge < -0.3 is 20.5 Å². The summed E-state index contributed by atoms with van der Waals surface area (Å²) in [6.07, 6.45) is -1.71. The van der Waals surface area contributed by atoms with Crippen molar-refractivity contribution in [1.82, 2.24) is 15.6 Å². The molecule has 1 aliphatic rings. The van der Waals surface area contributed by atoms with Gasteiger partial charge in [-0.15, -0.1) is 0 Å². The highest BCUT2D eigenvalue weighted by Gasteiger charge is 2.40. The fourth-order valence-electron chi connectivity index (χ4n) is 3.65. The van der Waals surface area contributed by atoms with E-state index in [2.05, 4.69) is 20.4 Å². The van der Waals surface area contributed by atoms with Crippen molar-refractivity contribution in [3.05, 3.63) is 35.8 Å². The van der Waals surface area contributed by atoms with Crippen LogP contribution >= 0.6 is 0 Å². The van der Waals surface area contributed by atoms with Gasteiger partial charge in [0.15, 0.2) is 11.6 Å². The van der Waals surface area contributed by atoms with E-state index in [9.17, 15) is 31.1 Å². The molecule has 1 aromatic carbocycles. The second-order valence-electron chi connectivity index (χ2n) is 7.54. The third kappa shape index (κ3) is 6.00. The number of alkyl halides is 5. The maximum absolute atomic E-state index is 13.9. The van der Waals surface area contributed by atoms with Crippen molar-refractivity contribution in [2.24, 2.45) is 0 Å². The SMILES string of the molecule is O=C(NC1CCC(NC(CO)C(F)(F)F)CC1)c1cnc2cc(OC(F)F)c(F)cc2c1. The number of aromatic nitrogens is 1. The first-order valence-corrected chi connectivity index (χ1v) is 9.85. The van der Waals surface area contributed by atoms with Crippen molar-refractivity contribution < 1.29 is 41.0 Å². The maximum Gasteiger partial charge on any atom is 0.406 e. The highest BCUT2D eigenvalue weighted by Crippen LogP contribution is 2.27. The van der Waals surface area contributed by atoms with Crippen LogP contribution in [0.15, 0.2) is 24.4 Å². The van der Waals surface area contributed by atoms with Gasteiger partial charge in [-0.3, -0.25) is 9.78 Å². The number of pyridine rings is 1. The molecule has 1 saturated carbocycles. The molecule has 0 bridgehead atoms. The Bertz CT molecular complexity index is 948. The highest BCUT2D eigenvalue weighted by atomic mass is 19.4. The minimum absolute atomic E-state index is 0.122. The van der Waals surface area contributed by atoms with E-state index >= 15 is 0 Å². The summed E-state index contributed by atoms with van der Waals surface area (Å²) >= 11 is 0. The summed E-state index contributed by atoms with van der Waals surface area (Å²) in [7, 11) is 0. The summed E-state index contributed by atoms with van der Waals surface area (Å²) in [5.74, 6) is -2.17. The Hall–Kier alpha value is -2.60. The van der Waals surface area contributed by atoms with E-state index in [-0.39, 0.29) is 22.5 Å². The molecule has 12 heteroatoms. The first-order valence-electron chi connectivity index (χ1n) is 9.85. The molecule has 1 atom stereocenters. The number of carbonyl (C=O) groups is 1. The van der Waals surface area contributed by atoms with Crippen molar-refractivity contribution in [2.75, 3.05) is 6.61 Å². The molecular formula is C20H21F6N3O3. The van der Waals surface area contributed by atoms with Crippen LogP contribution in [0.3, 0.4) is 0 Å². The van der Waals surface area contributed by atoms with Crippen molar-refractivity contribution in [3.63, 3.8) is 0 Å². The molecule has 0 spiro atoms. The summed E-state index contributed by atoms with van der Waals surface area (Å²) in [4.78, 5) is 16.5. The van der Waals surface area contributed by atoms with E-state index in [0.717, 1.165) is 12.1 Å². The number of nitrogens with zero attached hydrogens (tertiary/aromatic N) is 1. The molecule has 0 radical (unpaired) electrons. The number of halogens is 6. The number of rotatable bonds is 7. The number of benzene rings is 1. The average molecular weight is 465 g/mol.